The van der Waals surface area contributed by atoms with E-state index in [1.165, 1.54) is 6.07 Å². The minimum absolute atomic E-state index is 0.0656. The number of piperidine rings is 1. The van der Waals surface area contributed by atoms with Gasteiger partial charge in [0, 0.05) is 43.7 Å². The Morgan fingerprint density at radius 3 is 2.55 bits per heavy atom. The quantitative estimate of drug-likeness (QED) is 0.758. The van der Waals surface area contributed by atoms with Crippen molar-refractivity contribution in [2.45, 2.75) is 39.2 Å². The molecule has 2 aliphatic rings. The van der Waals surface area contributed by atoms with E-state index >= 15 is 0 Å². The first-order chi connectivity index (χ1) is 13.6. The summed E-state index contributed by atoms with van der Waals surface area (Å²) < 4.78 is 19.4. The van der Waals surface area contributed by atoms with Crippen LogP contribution in [-0.4, -0.2) is 57.8 Å². The number of carbonyl (C=O) groups excluding carboxylic acids is 1. The predicted molar refractivity (Wildman–Crippen MR) is 106 cm³/mol. The molecule has 2 aromatic rings. The average Bonchev–Trinajstić information content (AvgIpc) is 2.57. The molecule has 2 fully saturated rings. The van der Waals surface area contributed by atoms with E-state index in [1.807, 2.05) is 25.7 Å². The van der Waals surface area contributed by atoms with Crippen LogP contribution in [0.25, 0.3) is 10.9 Å². The van der Waals surface area contributed by atoms with Crippen LogP contribution in [0.1, 0.15) is 33.6 Å². The lowest BCUT2D eigenvalue weighted by atomic mass is 9.72. The molecule has 29 heavy (non-hydrogen) atoms. The second kappa shape index (κ2) is 6.60. The minimum atomic E-state index is -0.796. The molecule has 156 valence electrons. The molecule has 4 rings (SSSR count). The van der Waals surface area contributed by atoms with Gasteiger partial charge < -0.3 is 19.6 Å². The molecule has 1 amide bonds. The Bertz CT molecular complexity index is 1010. The monoisotopic (exact) mass is 404 g/mol. The number of likely N-dealkylation sites (tertiary alicyclic amines) is 1. The molecule has 0 saturated carbocycles. The van der Waals surface area contributed by atoms with E-state index in [9.17, 15) is 19.1 Å². The fourth-order valence-corrected chi connectivity index (χ4v) is 4.07. The Kier molecular flexibility index (Phi) is 4.43. The highest BCUT2D eigenvalue weighted by Gasteiger charge is 2.46. The van der Waals surface area contributed by atoms with Crippen LogP contribution in [0, 0.1) is 11.2 Å². The lowest BCUT2D eigenvalue weighted by Gasteiger charge is -2.54. The number of phenols is 1. The van der Waals surface area contributed by atoms with E-state index < -0.39 is 17.0 Å². The number of rotatable bonds is 1. The van der Waals surface area contributed by atoms with Gasteiger partial charge >= 0.3 is 6.09 Å². The fourth-order valence-electron chi connectivity index (χ4n) is 4.07. The Labute approximate surface area is 167 Å². The topological polar surface area (TPSA) is 98.8 Å². The fraction of sp³-hybridized carbons (Fsp3) is 0.550. The molecule has 2 aliphatic heterocycles. The van der Waals surface area contributed by atoms with Gasteiger partial charge in [-0.05, 0) is 33.6 Å². The second-order valence-corrected chi connectivity index (χ2v) is 9.03. The number of carbonyl (C=O) groups is 1. The number of phenolic OH excluding ortho intramolecular Hbond substituents is 1. The van der Waals surface area contributed by atoms with Gasteiger partial charge in [0.1, 0.15) is 22.6 Å². The summed E-state index contributed by atoms with van der Waals surface area (Å²) in [6.07, 6.45) is 1.40. The highest BCUT2D eigenvalue weighted by molar-refractivity contribution is 5.80. The number of hydrogen-bond acceptors (Lipinski definition) is 6. The summed E-state index contributed by atoms with van der Waals surface area (Å²) in [6, 6.07) is 2.18. The molecule has 9 heteroatoms. The maximum atomic E-state index is 14.0. The number of H-pyrrole nitrogens is 1. The lowest BCUT2D eigenvalue weighted by Crippen LogP contribution is -2.61. The number of nitrogens with zero attached hydrogens (tertiary/aromatic N) is 3. The van der Waals surface area contributed by atoms with Crippen molar-refractivity contribution < 1.29 is 19.0 Å². The van der Waals surface area contributed by atoms with Crippen molar-refractivity contribution in [2.24, 2.45) is 5.41 Å². The minimum Gasteiger partial charge on any atom is -0.508 e. The largest absolute Gasteiger partial charge is 0.508 e. The van der Waals surface area contributed by atoms with Crippen LogP contribution in [0.15, 0.2) is 16.9 Å². The summed E-state index contributed by atoms with van der Waals surface area (Å²) in [4.78, 5) is 35.1. The standard InChI is InChI=1S/C20H25FN4O4/c1-19(2,3)29-18(28)24-6-4-20(5-7-24)10-25(11-20)17-22-14-9-12(26)8-13(21)15(14)16(27)23-17/h8-9,26H,4-7,10-11H2,1-3H3,(H,22,23,27). The van der Waals surface area contributed by atoms with Crippen molar-refractivity contribution in [3.63, 3.8) is 0 Å². The summed E-state index contributed by atoms with van der Waals surface area (Å²) in [7, 11) is 0. The molecule has 1 aromatic carbocycles. The van der Waals surface area contributed by atoms with Gasteiger partial charge in [-0.1, -0.05) is 0 Å². The number of aromatic amines is 1. The van der Waals surface area contributed by atoms with Crippen LogP contribution in [0.2, 0.25) is 0 Å². The third-order valence-corrected chi connectivity index (χ3v) is 5.56. The Hall–Kier alpha value is -2.84. The number of aromatic nitrogens is 2. The Balaban J connectivity index is 1.43. The highest BCUT2D eigenvalue weighted by atomic mass is 19.1. The molecule has 2 saturated heterocycles. The second-order valence-electron chi connectivity index (χ2n) is 9.03. The summed E-state index contributed by atoms with van der Waals surface area (Å²) in [5.74, 6) is -0.698. The van der Waals surface area contributed by atoms with E-state index in [1.54, 1.807) is 4.90 Å². The summed E-state index contributed by atoms with van der Waals surface area (Å²) in [5.41, 5.74) is -0.887. The molecule has 1 aromatic heterocycles. The molecular formula is C20H25FN4O4. The van der Waals surface area contributed by atoms with Crippen LogP contribution in [0.5, 0.6) is 5.75 Å². The van der Waals surface area contributed by atoms with E-state index in [2.05, 4.69) is 9.97 Å². The summed E-state index contributed by atoms with van der Waals surface area (Å²) in [6.45, 7) is 8.21. The van der Waals surface area contributed by atoms with Crippen LogP contribution < -0.4 is 10.5 Å². The van der Waals surface area contributed by atoms with Crippen molar-refractivity contribution in [1.82, 2.24) is 14.9 Å². The zero-order chi connectivity index (χ0) is 21.0. The third kappa shape index (κ3) is 3.73. The number of ether oxygens (including phenoxy) is 1. The smallest absolute Gasteiger partial charge is 0.410 e. The zero-order valence-corrected chi connectivity index (χ0v) is 16.8. The Morgan fingerprint density at radius 1 is 1.28 bits per heavy atom. The molecule has 1 spiro atoms. The molecular weight excluding hydrogens is 379 g/mol. The zero-order valence-electron chi connectivity index (χ0n) is 16.8. The number of hydrogen-bond donors (Lipinski definition) is 2. The number of aromatic hydroxyl groups is 1. The average molecular weight is 404 g/mol. The summed E-state index contributed by atoms with van der Waals surface area (Å²) >= 11 is 0. The molecule has 0 bridgehead atoms. The Morgan fingerprint density at radius 2 is 1.93 bits per heavy atom. The maximum Gasteiger partial charge on any atom is 0.410 e. The van der Waals surface area contributed by atoms with Gasteiger partial charge in [-0.25, -0.2) is 14.2 Å². The normalized spacial score (nSPS) is 18.8. The van der Waals surface area contributed by atoms with Crippen LogP contribution in [0.4, 0.5) is 15.1 Å². The van der Waals surface area contributed by atoms with E-state index in [0.717, 1.165) is 18.9 Å². The van der Waals surface area contributed by atoms with E-state index in [-0.39, 0.29) is 28.2 Å². The predicted octanol–water partition coefficient (Wildman–Crippen LogP) is 2.61. The van der Waals surface area contributed by atoms with Crippen molar-refractivity contribution in [1.29, 1.82) is 0 Å². The van der Waals surface area contributed by atoms with Gasteiger partial charge in [-0.3, -0.25) is 9.78 Å². The number of halogens is 1. The number of benzene rings is 1. The number of amides is 1. The van der Waals surface area contributed by atoms with Crippen LogP contribution >= 0.6 is 0 Å². The van der Waals surface area contributed by atoms with Gasteiger partial charge in [0.25, 0.3) is 5.56 Å². The number of fused-ring (bicyclic) bond motifs is 1. The summed E-state index contributed by atoms with van der Waals surface area (Å²) in [5, 5.41) is 9.43. The number of nitrogens with one attached hydrogen (secondary N) is 1. The number of anilines is 1. The first-order valence-corrected chi connectivity index (χ1v) is 9.71. The molecule has 0 unspecified atom stereocenters. The van der Waals surface area contributed by atoms with Gasteiger partial charge in [0.15, 0.2) is 0 Å². The van der Waals surface area contributed by atoms with Crippen molar-refractivity contribution in [2.75, 3.05) is 31.1 Å². The molecule has 0 atom stereocenters. The van der Waals surface area contributed by atoms with Crippen LogP contribution in [0.3, 0.4) is 0 Å². The maximum absolute atomic E-state index is 14.0. The first kappa shape index (κ1) is 19.5. The molecule has 0 aliphatic carbocycles. The first-order valence-electron chi connectivity index (χ1n) is 9.71. The molecule has 2 N–H and O–H groups in total. The van der Waals surface area contributed by atoms with E-state index in [0.29, 0.717) is 32.1 Å². The highest BCUT2D eigenvalue weighted by Crippen LogP contribution is 2.42. The molecule has 8 nitrogen and oxygen atoms in total. The van der Waals surface area contributed by atoms with Crippen molar-refractivity contribution >= 4 is 22.9 Å². The van der Waals surface area contributed by atoms with Crippen LogP contribution in [-0.2, 0) is 4.74 Å². The SMILES string of the molecule is CC(C)(C)OC(=O)N1CCC2(CC1)CN(c1nc3cc(O)cc(F)c3c(=O)[nH]1)C2. The lowest BCUT2D eigenvalue weighted by molar-refractivity contribution is 0.00580. The van der Waals surface area contributed by atoms with Gasteiger partial charge in [-0.2, -0.15) is 0 Å². The molecule has 0 radical (unpaired) electrons. The van der Waals surface area contributed by atoms with Gasteiger partial charge in [-0.15, -0.1) is 0 Å². The van der Waals surface area contributed by atoms with E-state index in [4.69, 9.17) is 4.74 Å². The molecule has 3 heterocycles. The van der Waals surface area contributed by atoms with Crippen molar-refractivity contribution in [3.05, 3.63) is 28.3 Å². The van der Waals surface area contributed by atoms with Crippen molar-refractivity contribution in [3.8, 4) is 5.75 Å². The third-order valence-electron chi connectivity index (χ3n) is 5.56. The van der Waals surface area contributed by atoms with Gasteiger partial charge in [0.05, 0.1) is 5.52 Å². The van der Waals surface area contributed by atoms with Gasteiger partial charge in [0.2, 0.25) is 5.95 Å².